The topological polar surface area (TPSA) is 74.3 Å². The fraction of sp³-hybridized carbons (Fsp3) is 0.818. The number of hydrogen-bond donors (Lipinski definition) is 0. The lowest BCUT2D eigenvalue weighted by atomic mass is 9.57. The second-order valence-corrected chi connectivity index (χ2v) is 20.0. The van der Waals surface area contributed by atoms with E-state index in [0.717, 1.165) is 24.7 Å². The molecule has 292 valence electrons. The van der Waals surface area contributed by atoms with Gasteiger partial charge in [-0.25, -0.2) is 8.42 Å². The molecule has 52 heavy (non-hydrogen) atoms. The minimum absolute atomic E-state index is 0.0196. The van der Waals surface area contributed by atoms with E-state index in [1.807, 2.05) is 25.3 Å². The quantitative estimate of drug-likeness (QED) is 0.259. The highest BCUT2D eigenvalue weighted by Gasteiger charge is 2.56. The summed E-state index contributed by atoms with van der Waals surface area (Å²) >= 11 is 0. The highest BCUT2D eigenvalue weighted by molar-refractivity contribution is 7.91. The third-order valence-electron chi connectivity index (χ3n) is 15.4. The van der Waals surface area contributed by atoms with E-state index in [9.17, 15) is 8.42 Å². The van der Waals surface area contributed by atoms with Gasteiger partial charge in [0.05, 0.1) is 22.9 Å². The van der Waals surface area contributed by atoms with Crippen LogP contribution in [0.3, 0.4) is 0 Å². The average Bonchev–Trinajstić information content (AvgIpc) is 3.66. The maximum Gasteiger partial charge on any atom is 0.178 e. The Bertz CT molecular complexity index is 1440. The van der Waals surface area contributed by atoms with Crippen LogP contribution in [-0.2, 0) is 28.8 Å². The predicted octanol–water partition coefficient (Wildman–Crippen LogP) is 8.78. The third kappa shape index (κ3) is 7.87. The summed E-state index contributed by atoms with van der Waals surface area (Å²) in [5.74, 6) is 5.79. The van der Waals surface area contributed by atoms with Crippen LogP contribution in [0, 0.1) is 59.2 Å². The van der Waals surface area contributed by atoms with Gasteiger partial charge < -0.3 is 18.9 Å². The maximum atomic E-state index is 13.1. The van der Waals surface area contributed by atoms with Crippen molar-refractivity contribution in [1.29, 1.82) is 0 Å². The molecule has 3 saturated heterocycles. The van der Waals surface area contributed by atoms with E-state index in [1.54, 1.807) is 19.2 Å². The third-order valence-corrected chi connectivity index (χ3v) is 17.2. The number of sulfone groups is 1. The van der Waals surface area contributed by atoms with Crippen molar-refractivity contribution in [3.63, 3.8) is 0 Å². The molecule has 3 heterocycles. The molecule has 7 fully saturated rings. The zero-order chi connectivity index (χ0) is 36.6. The molecule has 1 aromatic carbocycles. The standard InChI is InChI=1S/C23H39NO2.C21H30O4S/c1-15-8-7-10-18(24(15)3)12-13-20-19-11-6-5-9-17(19)14-21-22(20)16(2)26-23(21)25-4;1-14-20-18(21(24-2)25-14)12-15-8-6-7-11-17(15)19(20)13-26(22,23)16-9-4-3-5-10-16/h12-13,15-23H,5-11,14H2,1-4H3;3-5,9-10,14-15,17-21H,6-8,11-13H2,1-2H3/b13-12+;/t15?,16?,17?,18?,19?,20-,21?,22?,23?;14?,15?,17?,18?,19-,20?,21?/m11/s1. The smallest absolute Gasteiger partial charge is 0.178 e. The van der Waals surface area contributed by atoms with E-state index in [4.69, 9.17) is 18.9 Å². The van der Waals surface area contributed by atoms with Crippen molar-refractivity contribution in [3.05, 3.63) is 42.5 Å². The molecule has 16 atom stereocenters. The summed E-state index contributed by atoms with van der Waals surface area (Å²) in [5, 5.41) is 0. The molecule has 7 aliphatic rings. The second-order valence-electron chi connectivity index (χ2n) is 18.0. The van der Waals surface area contributed by atoms with Gasteiger partial charge in [0.1, 0.15) is 0 Å². The molecule has 4 aliphatic carbocycles. The number of piperidine rings is 1. The first-order valence-corrected chi connectivity index (χ1v) is 22.8. The van der Waals surface area contributed by atoms with Gasteiger partial charge in [-0.3, -0.25) is 4.90 Å². The molecule has 1 aromatic rings. The largest absolute Gasteiger partial charge is 0.356 e. The Kier molecular flexibility index (Phi) is 12.6. The number of fused-ring (bicyclic) bond motifs is 4. The van der Waals surface area contributed by atoms with Crippen molar-refractivity contribution in [2.24, 2.45) is 59.2 Å². The Morgan fingerprint density at radius 2 is 1.29 bits per heavy atom. The van der Waals surface area contributed by atoms with Gasteiger partial charge in [-0.1, -0.05) is 75.3 Å². The lowest BCUT2D eigenvalue weighted by Crippen LogP contribution is -2.46. The van der Waals surface area contributed by atoms with Crippen molar-refractivity contribution < 1.29 is 27.4 Å². The fourth-order valence-electron chi connectivity index (χ4n) is 12.9. The molecule has 0 radical (unpaired) electrons. The first kappa shape index (κ1) is 39.0. The van der Waals surface area contributed by atoms with Gasteiger partial charge in [0.25, 0.3) is 0 Å². The normalized spacial score (nSPS) is 45.0. The Morgan fingerprint density at radius 3 is 1.94 bits per heavy atom. The van der Waals surface area contributed by atoms with Crippen molar-refractivity contribution >= 4 is 9.84 Å². The molecule has 0 N–H and O–H groups in total. The number of hydrogen-bond acceptors (Lipinski definition) is 7. The molecule has 4 saturated carbocycles. The summed E-state index contributed by atoms with van der Waals surface area (Å²) < 4.78 is 50.0. The van der Waals surface area contributed by atoms with Crippen LogP contribution in [-0.4, -0.2) is 77.2 Å². The minimum atomic E-state index is -3.29. The summed E-state index contributed by atoms with van der Waals surface area (Å²) in [6, 6.07) is 10.3. The van der Waals surface area contributed by atoms with E-state index >= 15 is 0 Å². The molecule has 0 amide bonds. The van der Waals surface area contributed by atoms with Gasteiger partial charge in [0.15, 0.2) is 22.4 Å². The molecule has 0 spiro atoms. The first-order chi connectivity index (χ1) is 25.1. The van der Waals surface area contributed by atoms with Crippen molar-refractivity contribution in [3.8, 4) is 0 Å². The Hall–Kier alpha value is -1.29. The highest BCUT2D eigenvalue weighted by Crippen LogP contribution is 2.56. The van der Waals surface area contributed by atoms with Crippen molar-refractivity contribution in [2.45, 2.75) is 146 Å². The minimum Gasteiger partial charge on any atom is -0.356 e. The molecule has 0 bridgehead atoms. The molecule has 0 aromatic heterocycles. The van der Waals surface area contributed by atoms with Crippen LogP contribution in [0.2, 0.25) is 0 Å². The van der Waals surface area contributed by atoms with Gasteiger partial charge in [-0.05, 0) is 126 Å². The van der Waals surface area contributed by atoms with Gasteiger partial charge in [0, 0.05) is 38.1 Å². The predicted molar refractivity (Wildman–Crippen MR) is 206 cm³/mol. The molecule has 7 nitrogen and oxygen atoms in total. The van der Waals surface area contributed by atoms with Gasteiger partial charge in [-0.2, -0.15) is 0 Å². The number of rotatable bonds is 7. The van der Waals surface area contributed by atoms with Crippen LogP contribution in [0.5, 0.6) is 0 Å². The summed E-state index contributed by atoms with van der Waals surface area (Å²) in [6.45, 7) is 6.77. The zero-order valence-electron chi connectivity index (χ0n) is 33.0. The lowest BCUT2D eigenvalue weighted by molar-refractivity contribution is -0.132. The molecular formula is C44H69NO6S. The zero-order valence-corrected chi connectivity index (χ0v) is 33.8. The van der Waals surface area contributed by atoms with E-state index in [1.165, 1.54) is 70.6 Å². The Morgan fingerprint density at radius 1 is 0.712 bits per heavy atom. The Balaban J connectivity index is 0.000000162. The van der Waals surface area contributed by atoms with Gasteiger partial charge in [-0.15, -0.1) is 0 Å². The molecule has 3 aliphatic heterocycles. The van der Waals surface area contributed by atoms with E-state index in [-0.39, 0.29) is 36.3 Å². The maximum absolute atomic E-state index is 13.1. The van der Waals surface area contributed by atoms with Gasteiger partial charge >= 0.3 is 0 Å². The van der Waals surface area contributed by atoms with Crippen LogP contribution in [0.1, 0.15) is 104 Å². The number of benzene rings is 1. The second kappa shape index (κ2) is 16.8. The van der Waals surface area contributed by atoms with Crippen molar-refractivity contribution in [2.75, 3.05) is 27.0 Å². The molecular weight excluding hydrogens is 671 g/mol. The number of allylic oxidation sites excluding steroid dienone is 1. The summed E-state index contributed by atoms with van der Waals surface area (Å²) in [6.07, 6.45) is 22.5. The van der Waals surface area contributed by atoms with Crippen LogP contribution >= 0.6 is 0 Å². The monoisotopic (exact) mass is 739 g/mol. The summed E-state index contributed by atoms with van der Waals surface area (Å²) in [4.78, 5) is 3.04. The molecule has 14 unspecified atom stereocenters. The van der Waals surface area contributed by atoms with E-state index in [2.05, 4.69) is 44.9 Å². The average molecular weight is 740 g/mol. The van der Waals surface area contributed by atoms with Crippen LogP contribution in [0.4, 0.5) is 0 Å². The van der Waals surface area contributed by atoms with Gasteiger partial charge in [0.2, 0.25) is 0 Å². The fourth-order valence-corrected chi connectivity index (χ4v) is 14.6. The first-order valence-electron chi connectivity index (χ1n) is 21.2. The van der Waals surface area contributed by atoms with E-state index in [0.29, 0.717) is 58.6 Å². The molecule has 8 heteroatoms. The number of nitrogens with zero attached hydrogens (tertiary/aromatic N) is 1. The molecule has 8 rings (SSSR count). The summed E-state index contributed by atoms with van der Waals surface area (Å²) in [5.41, 5.74) is 0. The van der Waals surface area contributed by atoms with Crippen LogP contribution < -0.4 is 0 Å². The number of ether oxygens (including phenoxy) is 4. The number of likely N-dealkylation sites (tertiary alicyclic amines) is 1. The lowest BCUT2D eigenvalue weighted by Gasteiger charge is -2.48. The summed E-state index contributed by atoms with van der Waals surface area (Å²) in [7, 11) is 2.56. The van der Waals surface area contributed by atoms with Crippen molar-refractivity contribution in [1.82, 2.24) is 4.90 Å². The highest BCUT2D eigenvalue weighted by atomic mass is 32.2. The van der Waals surface area contributed by atoms with Crippen LogP contribution in [0.25, 0.3) is 0 Å². The number of methoxy groups -OCH3 is 2. The Labute approximate surface area is 315 Å². The SMILES string of the molecule is COC1OC(C)C2C1CC1CCCCC1[C@H]2/C=C/C1CCCC(C)N1C.COC1OC(C)C2C1CC1CCCCC1[C@H]2CS(=O)(=O)c1ccccc1. The van der Waals surface area contributed by atoms with E-state index < -0.39 is 9.84 Å². The number of likely N-dealkylation sites (N-methyl/N-ethyl adjacent to an activating group) is 1. The van der Waals surface area contributed by atoms with Crippen LogP contribution in [0.15, 0.2) is 47.4 Å².